The van der Waals surface area contributed by atoms with E-state index in [0.717, 1.165) is 11.3 Å². The molecule has 3 N–H and O–H groups in total. The summed E-state index contributed by atoms with van der Waals surface area (Å²) in [6.45, 7) is 1.58. The van der Waals surface area contributed by atoms with Crippen LogP contribution < -0.4 is 11.1 Å². The molecule has 3 heterocycles. The van der Waals surface area contributed by atoms with Gasteiger partial charge in [-0.3, -0.25) is 0 Å². The van der Waals surface area contributed by atoms with Gasteiger partial charge < -0.3 is 16.0 Å². The van der Waals surface area contributed by atoms with E-state index in [2.05, 4.69) is 5.32 Å². The zero-order chi connectivity index (χ0) is 13.6. The molecule has 2 aliphatic heterocycles. The molecule has 7 nitrogen and oxygen atoms in total. The summed E-state index contributed by atoms with van der Waals surface area (Å²) in [5.41, 5.74) is 6.03. The number of amides is 2. The Morgan fingerprint density at radius 2 is 2.21 bits per heavy atom. The van der Waals surface area contributed by atoms with Gasteiger partial charge in [0.25, 0.3) is 10.0 Å². The predicted octanol–water partition coefficient (Wildman–Crippen LogP) is -0.272. The number of carbonyl (C=O) groups excluding carboxylic acids is 1. The van der Waals surface area contributed by atoms with Gasteiger partial charge in [0.2, 0.25) is 0 Å². The molecular weight excluding hydrogens is 288 g/mol. The maximum Gasteiger partial charge on any atom is 0.317 e. The summed E-state index contributed by atoms with van der Waals surface area (Å²) in [7, 11) is -3.49. The molecule has 0 aliphatic carbocycles. The first kappa shape index (κ1) is 12.7. The van der Waals surface area contributed by atoms with E-state index in [0.29, 0.717) is 31.9 Å². The lowest BCUT2D eigenvalue weighted by Gasteiger charge is -2.35. The van der Waals surface area contributed by atoms with Crippen LogP contribution >= 0.6 is 11.3 Å². The number of nitrogen functional groups attached to an aromatic ring is 1. The van der Waals surface area contributed by atoms with Crippen LogP contribution in [0.5, 0.6) is 0 Å². The van der Waals surface area contributed by atoms with E-state index in [1.54, 1.807) is 10.3 Å². The van der Waals surface area contributed by atoms with Gasteiger partial charge in [-0.2, -0.15) is 4.31 Å². The highest BCUT2D eigenvalue weighted by Gasteiger charge is 2.39. The average Bonchev–Trinajstić information content (AvgIpc) is 2.96. The van der Waals surface area contributed by atoms with Gasteiger partial charge in [0.15, 0.2) is 0 Å². The molecule has 2 saturated heterocycles. The Hall–Kier alpha value is -1.32. The number of anilines is 1. The molecule has 0 saturated carbocycles. The molecule has 19 heavy (non-hydrogen) atoms. The SMILES string of the molecule is Nc1csc(S(=O)(=O)N2CCN3C(=O)NCC3C2)c1. The number of fused-ring (bicyclic) bond motifs is 1. The monoisotopic (exact) mass is 302 g/mol. The molecule has 1 aromatic rings. The van der Waals surface area contributed by atoms with Crippen LogP contribution in [0.2, 0.25) is 0 Å². The van der Waals surface area contributed by atoms with Crippen LogP contribution in [-0.2, 0) is 10.0 Å². The topological polar surface area (TPSA) is 95.7 Å². The van der Waals surface area contributed by atoms with E-state index < -0.39 is 10.0 Å². The molecule has 0 spiro atoms. The summed E-state index contributed by atoms with van der Waals surface area (Å²) in [5.74, 6) is 0. The molecule has 0 bridgehead atoms. The van der Waals surface area contributed by atoms with Gasteiger partial charge in [0.05, 0.1) is 6.04 Å². The Labute approximate surface area is 115 Å². The van der Waals surface area contributed by atoms with Crippen molar-refractivity contribution in [2.75, 3.05) is 31.9 Å². The molecule has 2 amide bonds. The highest BCUT2D eigenvalue weighted by atomic mass is 32.2. The second kappa shape index (κ2) is 4.36. The number of rotatable bonds is 2. The molecule has 9 heteroatoms. The number of thiophene rings is 1. The average molecular weight is 302 g/mol. The predicted molar refractivity (Wildman–Crippen MR) is 71.4 cm³/mol. The second-order valence-corrected chi connectivity index (χ2v) is 7.67. The molecule has 2 fully saturated rings. The molecule has 1 aromatic heterocycles. The van der Waals surface area contributed by atoms with E-state index in [9.17, 15) is 13.2 Å². The lowest BCUT2D eigenvalue weighted by Crippen LogP contribution is -2.53. The molecular formula is C10H14N4O3S2. The number of urea groups is 1. The highest BCUT2D eigenvalue weighted by Crippen LogP contribution is 2.27. The summed E-state index contributed by atoms with van der Waals surface area (Å²) in [6, 6.07) is 1.29. The molecule has 1 unspecified atom stereocenters. The standard InChI is InChI=1S/C10H14N4O3S2/c11-7-3-9(18-6-7)19(16,17)13-1-2-14-8(5-13)4-12-10(14)15/h3,6,8H,1-2,4-5,11H2,(H,12,15). The van der Waals surface area contributed by atoms with Crippen molar-refractivity contribution in [3.8, 4) is 0 Å². The normalized spacial score (nSPS) is 24.3. The van der Waals surface area contributed by atoms with Crippen LogP contribution in [0.25, 0.3) is 0 Å². The third kappa shape index (κ3) is 2.07. The number of sulfonamides is 1. The van der Waals surface area contributed by atoms with Gasteiger partial charge in [0.1, 0.15) is 4.21 Å². The van der Waals surface area contributed by atoms with Gasteiger partial charge in [-0.05, 0) is 6.07 Å². The zero-order valence-corrected chi connectivity index (χ0v) is 11.7. The van der Waals surface area contributed by atoms with E-state index in [1.165, 1.54) is 10.4 Å². The van der Waals surface area contributed by atoms with Crippen molar-refractivity contribution in [1.29, 1.82) is 0 Å². The molecule has 2 aliphatic rings. The van der Waals surface area contributed by atoms with Crippen molar-refractivity contribution in [3.05, 3.63) is 11.4 Å². The van der Waals surface area contributed by atoms with Crippen LogP contribution in [0.3, 0.4) is 0 Å². The number of hydrogen-bond donors (Lipinski definition) is 2. The Morgan fingerprint density at radius 1 is 1.42 bits per heavy atom. The number of nitrogens with zero attached hydrogens (tertiary/aromatic N) is 2. The minimum Gasteiger partial charge on any atom is -0.398 e. The van der Waals surface area contributed by atoms with Gasteiger partial charge in [-0.1, -0.05) is 0 Å². The van der Waals surface area contributed by atoms with Crippen LogP contribution in [0.1, 0.15) is 0 Å². The Balaban J connectivity index is 1.82. The van der Waals surface area contributed by atoms with E-state index in [1.807, 2.05) is 0 Å². The lowest BCUT2D eigenvalue weighted by molar-refractivity contribution is 0.164. The van der Waals surface area contributed by atoms with E-state index in [4.69, 9.17) is 5.73 Å². The van der Waals surface area contributed by atoms with Gasteiger partial charge in [0, 0.05) is 37.2 Å². The maximum absolute atomic E-state index is 12.4. The number of hydrogen-bond acceptors (Lipinski definition) is 5. The van der Waals surface area contributed by atoms with Crippen molar-refractivity contribution >= 4 is 33.1 Å². The molecule has 0 aromatic carbocycles. The van der Waals surface area contributed by atoms with Crippen LogP contribution in [0.15, 0.2) is 15.7 Å². The fourth-order valence-corrected chi connectivity index (χ4v) is 5.09. The number of nitrogens with one attached hydrogen (secondary N) is 1. The zero-order valence-electron chi connectivity index (χ0n) is 10.1. The minimum atomic E-state index is -3.49. The first-order valence-corrected chi connectivity index (χ1v) is 8.19. The lowest BCUT2D eigenvalue weighted by atomic mass is 10.2. The quantitative estimate of drug-likeness (QED) is 0.786. The largest absolute Gasteiger partial charge is 0.398 e. The number of nitrogens with two attached hydrogens (primary N) is 1. The van der Waals surface area contributed by atoms with E-state index >= 15 is 0 Å². The number of carbonyl (C=O) groups is 1. The third-order valence-corrected chi connectivity index (χ3v) is 6.68. The van der Waals surface area contributed by atoms with Gasteiger partial charge in [-0.25, -0.2) is 13.2 Å². The van der Waals surface area contributed by atoms with Crippen molar-refractivity contribution in [1.82, 2.24) is 14.5 Å². The molecule has 104 valence electrons. The smallest absolute Gasteiger partial charge is 0.317 e. The van der Waals surface area contributed by atoms with Crippen molar-refractivity contribution < 1.29 is 13.2 Å². The summed E-state index contributed by atoms with van der Waals surface area (Å²) in [5, 5.41) is 4.34. The first-order valence-electron chi connectivity index (χ1n) is 5.87. The van der Waals surface area contributed by atoms with Gasteiger partial charge in [-0.15, -0.1) is 11.3 Å². The molecule has 0 radical (unpaired) electrons. The summed E-state index contributed by atoms with van der Waals surface area (Å²) in [4.78, 5) is 13.2. The van der Waals surface area contributed by atoms with Crippen molar-refractivity contribution in [3.63, 3.8) is 0 Å². The first-order chi connectivity index (χ1) is 8.98. The van der Waals surface area contributed by atoms with Gasteiger partial charge >= 0.3 is 6.03 Å². The summed E-state index contributed by atoms with van der Waals surface area (Å²) >= 11 is 1.13. The fourth-order valence-electron chi connectivity index (χ4n) is 2.39. The highest BCUT2D eigenvalue weighted by molar-refractivity contribution is 7.91. The second-order valence-electron chi connectivity index (χ2n) is 4.60. The van der Waals surface area contributed by atoms with E-state index in [-0.39, 0.29) is 16.3 Å². The fraction of sp³-hybridized carbons (Fsp3) is 0.500. The Kier molecular flexibility index (Phi) is 2.91. The van der Waals surface area contributed by atoms with Crippen LogP contribution in [-0.4, -0.2) is 55.9 Å². The molecule has 3 rings (SSSR count). The van der Waals surface area contributed by atoms with Crippen molar-refractivity contribution in [2.24, 2.45) is 0 Å². The van der Waals surface area contributed by atoms with Crippen LogP contribution in [0, 0.1) is 0 Å². The summed E-state index contributed by atoms with van der Waals surface area (Å²) in [6.07, 6.45) is 0. The Bertz CT molecular complexity index is 612. The summed E-state index contributed by atoms with van der Waals surface area (Å²) < 4.78 is 26.5. The van der Waals surface area contributed by atoms with Crippen LogP contribution in [0.4, 0.5) is 10.5 Å². The third-order valence-electron chi connectivity index (χ3n) is 3.39. The Morgan fingerprint density at radius 3 is 2.89 bits per heavy atom. The minimum absolute atomic E-state index is 0.0756. The molecule has 1 atom stereocenters. The maximum atomic E-state index is 12.4. The number of piperazine rings is 1. The van der Waals surface area contributed by atoms with Crippen molar-refractivity contribution in [2.45, 2.75) is 10.3 Å².